The largest absolute Gasteiger partial charge is 0.402 e. The Morgan fingerprint density at radius 3 is 2.82 bits per heavy atom. The number of para-hydroxylation sites is 1. The molecule has 0 bridgehead atoms. The summed E-state index contributed by atoms with van der Waals surface area (Å²) in [6.45, 7) is 4.64. The fourth-order valence-corrected chi connectivity index (χ4v) is 4.00. The van der Waals surface area contributed by atoms with E-state index < -0.39 is 0 Å². The van der Waals surface area contributed by atoms with Crippen LogP contribution in [0.1, 0.15) is 13.3 Å². The lowest BCUT2D eigenvalue weighted by Gasteiger charge is -2.18. The van der Waals surface area contributed by atoms with Gasteiger partial charge in [0.25, 0.3) is 0 Å². The van der Waals surface area contributed by atoms with Crippen molar-refractivity contribution in [1.29, 1.82) is 10.7 Å². The highest BCUT2D eigenvalue weighted by Gasteiger charge is 2.55. The molecule has 4 rings (SSSR count). The van der Waals surface area contributed by atoms with Crippen molar-refractivity contribution in [3.63, 3.8) is 0 Å². The second-order valence-electron chi connectivity index (χ2n) is 7.51. The van der Waals surface area contributed by atoms with Crippen LogP contribution in [0.5, 0.6) is 0 Å². The number of likely N-dealkylation sites (tertiary alicyclic amines) is 1. The summed E-state index contributed by atoms with van der Waals surface area (Å²) in [6.07, 6.45) is 2.15. The number of anilines is 2. The Balaban J connectivity index is 1.49. The number of nitrogens with two attached hydrogens (primary N) is 1. The van der Waals surface area contributed by atoms with E-state index >= 15 is 0 Å². The van der Waals surface area contributed by atoms with E-state index in [2.05, 4.69) is 31.6 Å². The van der Waals surface area contributed by atoms with Gasteiger partial charge in [0.15, 0.2) is 0 Å². The van der Waals surface area contributed by atoms with Crippen molar-refractivity contribution in [2.45, 2.75) is 19.4 Å². The molecule has 2 aromatic rings. The van der Waals surface area contributed by atoms with Crippen molar-refractivity contribution < 1.29 is 0 Å². The number of nitrogens with zero attached hydrogens (tertiary/aromatic N) is 4. The molecule has 3 atom stereocenters. The first-order valence-corrected chi connectivity index (χ1v) is 9.47. The van der Waals surface area contributed by atoms with E-state index in [0.29, 0.717) is 41.8 Å². The molecule has 2 fully saturated rings. The number of allylic oxidation sites excluding steroid dienone is 1. The zero-order chi connectivity index (χ0) is 19.7. The lowest BCUT2D eigenvalue weighted by atomic mass is 10.2. The van der Waals surface area contributed by atoms with Gasteiger partial charge in [-0.05, 0) is 37.0 Å². The molecule has 1 aromatic carbocycles. The fourth-order valence-electron chi connectivity index (χ4n) is 4.00. The van der Waals surface area contributed by atoms with Gasteiger partial charge in [0.1, 0.15) is 11.7 Å². The normalized spacial score (nSPS) is 23.9. The molecule has 1 saturated heterocycles. The Kier molecular flexibility index (Phi) is 4.84. The first-order chi connectivity index (χ1) is 13.5. The zero-order valence-corrected chi connectivity index (χ0v) is 15.8. The molecule has 1 aromatic heterocycles. The number of rotatable bonds is 6. The van der Waals surface area contributed by atoms with Crippen molar-refractivity contribution in [2.75, 3.05) is 30.3 Å². The molecule has 0 spiro atoms. The van der Waals surface area contributed by atoms with Crippen molar-refractivity contribution in [3.05, 3.63) is 36.0 Å². The van der Waals surface area contributed by atoms with Crippen molar-refractivity contribution in [1.82, 2.24) is 14.9 Å². The van der Waals surface area contributed by atoms with Crippen LogP contribution in [0.2, 0.25) is 0 Å². The smallest absolute Gasteiger partial charge is 0.225 e. The predicted octanol–water partition coefficient (Wildman–Crippen LogP) is 2.14. The Morgan fingerprint density at radius 1 is 1.36 bits per heavy atom. The maximum absolute atomic E-state index is 8.74. The molecule has 0 unspecified atom stereocenters. The Labute approximate surface area is 164 Å². The van der Waals surface area contributed by atoms with Gasteiger partial charge in [-0.25, -0.2) is 4.98 Å². The maximum atomic E-state index is 8.74. The van der Waals surface area contributed by atoms with Gasteiger partial charge in [0, 0.05) is 43.2 Å². The molecular formula is C20H24N8. The Morgan fingerprint density at radius 2 is 2.11 bits per heavy atom. The first-order valence-electron chi connectivity index (χ1n) is 9.47. The van der Waals surface area contributed by atoms with E-state index in [0.717, 1.165) is 30.5 Å². The molecule has 0 radical (unpaired) electrons. The standard InChI is InChI=1S/C20H24N8/c1-12(22)9-17(23)25-19-13-5-2-3-6-16(13)24-20(27-19)26-18-14-10-28(8-4-7-21)11-15(14)18/h2-3,5-6,9,14-15,18H,4,8,10-11,22H2,1H3,(H3,23,24,25,26,27)/b12-9-/t14-,15+,18-. The summed E-state index contributed by atoms with van der Waals surface area (Å²) in [5, 5.41) is 24.2. The number of hydrogen-bond donors (Lipinski definition) is 4. The van der Waals surface area contributed by atoms with Crippen LogP contribution in [0.15, 0.2) is 36.0 Å². The highest BCUT2D eigenvalue weighted by Crippen LogP contribution is 2.47. The van der Waals surface area contributed by atoms with E-state index in [1.165, 1.54) is 0 Å². The second kappa shape index (κ2) is 7.44. The van der Waals surface area contributed by atoms with Crippen LogP contribution >= 0.6 is 0 Å². The summed E-state index contributed by atoms with van der Waals surface area (Å²) in [5.41, 5.74) is 7.05. The van der Waals surface area contributed by atoms with E-state index in [1.54, 1.807) is 13.0 Å². The summed E-state index contributed by atoms with van der Waals surface area (Å²) in [6, 6.07) is 10.3. The topological polar surface area (TPSA) is 127 Å². The molecule has 2 aliphatic rings. The monoisotopic (exact) mass is 376 g/mol. The molecule has 144 valence electrons. The van der Waals surface area contributed by atoms with Gasteiger partial charge >= 0.3 is 0 Å². The van der Waals surface area contributed by atoms with Gasteiger partial charge in [-0.3, -0.25) is 5.41 Å². The predicted molar refractivity (Wildman–Crippen MR) is 110 cm³/mol. The zero-order valence-electron chi connectivity index (χ0n) is 15.8. The first kappa shape index (κ1) is 18.2. The van der Waals surface area contributed by atoms with E-state index in [9.17, 15) is 0 Å². The molecule has 1 saturated carbocycles. The van der Waals surface area contributed by atoms with Gasteiger partial charge < -0.3 is 21.3 Å². The molecule has 8 nitrogen and oxygen atoms in total. The van der Waals surface area contributed by atoms with Crippen LogP contribution in [0.25, 0.3) is 10.9 Å². The summed E-state index contributed by atoms with van der Waals surface area (Å²) >= 11 is 0. The molecule has 1 aliphatic carbocycles. The minimum Gasteiger partial charge on any atom is -0.402 e. The van der Waals surface area contributed by atoms with Crippen molar-refractivity contribution >= 4 is 28.5 Å². The number of amidine groups is 1. The molecule has 28 heavy (non-hydrogen) atoms. The van der Waals surface area contributed by atoms with Crippen molar-refractivity contribution in [2.24, 2.45) is 17.6 Å². The third-order valence-electron chi connectivity index (χ3n) is 5.33. The Bertz CT molecular complexity index is 960. The molecule has 0 amide bonds. The van der Waals surface area contributed by atoms with Gasteiger partial charge in [0.05, 0.1) is 11.6 Å². The molecule has 5 N–H and O–H groups in total. The molecule has 2 heterocycles. The van der Waals surface area contributed by atoms with Gasteiger partial charge in [-0.2, -0.15) is 10.2 Å². The minimum absolute atomic E-state index is 0.186. The van der Waals surface area contributed by atoms with Crippen LogP contribution in [-0.4, -0.2) is 46.4 Å². The van der Waals surface area contributed by atoms with Crippen molar-refractivity contribution in [3.8, 4) is 6.07 Å². The van der Waals surface area contributed by atoms with E-state index in [1.807, 2.05) is 24.3 Å². The van der Waals surface area contributed by atoms with Crippen LogP contribution in [0.3, 0.4) is 0 Å². The lowest BCUT2D eigenvalue weighted by molar-refractivity contribution is 0.307. The molecule has 1 aliphatic heterocycles. The van der Waals surface area contributed by atoms with Crippen LogP contribution in [0.4, 0.5) is 11.8 Å². The lowest BCUT2D eigenvalue weighted by Crippen LogP contribution is -2.29. The minimum atomic E-state index is 0.186. The van der Waals surface area contributed by atoms with Gasteiger partial charge in [-0.15, -0.1) is 0 Å². The van der Waals surface area contributed by atoms with E-state index in [4.69, 9.17) is 16.4 Å². The van der Waals surface area contributed by atoms with Crippen LogP contribution in [0, 0.1) is 28.6 Å². The van der Waals surface area contributed by atoms with Gasteiger partial charge in [-0.1, -0.05) is 12.1 Å². The third-order valence-corrected chi connectivity index (χ3v) is 5.33. The maximum Gasteiger partial charge on any atom is 0.225 e. The summed E-state index contributed by atoms with van der Waals surface area (Å²) in [5.74, 6) is 2.53. The SMILES string of the molecule is C/C(N)=C/C(=N)Nc1nc(N[C@@H]2[C@@H]3CN(CCC#N)C[C@@H]32)nc2ccccc12. The van der Waals surface area contributed by atoms with E-state index in [-0.39, 0.29) is 5.84 Å². The summed E-state index contributed by atoms with van der Waals surface area (Å²) < 4.78 is 0. The number of nitriles is 1. The van der Waals surface area contributed by atoms with Gasteiger partial charge in [0.2, 0.25) is 5.95 Å². The average molecular weight is 376 g/mol. The third kappa shape index (κ3) is 3.75. The highest BCUT2D eigenvalue weighted by molar-refractivity contribution is 6.06. The Hall–Kier alpha value is -3.18. The number of nitrogens with one attached hydrogen (secondary N) is 3. The van der Waals surface area contributed by atoms with Crippen LogP contribution < -0.4 is 16.4 Å². The van der Waals surface area contributed by atoms with Crippen LogP contribution in [-0.2, 0) is 0 Å². The number of fused-ring (bicyclic) bond motifs is 2. The number of benzene rings is 1. The number of aromatic nitrogens is 2. The summed E-state index contributed by atoms with van der Waals surface area (Å²) in [7, 11) is 0. The number of hydrogen-bond acceptors (Lipinski definition) is 7. The number of piperidine rings is 1. The fraction of sp³-hybridized carbons (Fsp3) is 0.400. The quantitative estimate of drug-likeness (QED) is 0.449. The molecular weight excluding hydrogens is 352 g/mol. The highest BCUT2D eigenvalue weighted by atomic mass is 15.2. The average Bonchev–Trinajstić information content (AvgIpc) is 3.09. The second-order valence-corrected chi connectivity index (χ2v) is 7.51. The summed E-state index contributed by atoms with van der Waals surface area (Å²) in [4.78, 5) is 11.6. The molecule has 8 heteroatoms.